The maximum absolute atomic E-state index is 12.4. The fraction of sp³-hybridized carbons (Fsp3) is 0.375. The van der Waals surface area contributed by atoms with Gasteiger partial charge in [-0.3, -0.25) is 4.79 Å². The van der Waals surface area contributed by atoms with Crippen LogP contribution in [0.4, 0.5) is 0 Å². The second kappa shape index (κ2) is 8.10. The van der Waals surface area contributed by atoms with Crippen molar-refractivity contribution in [3.63, 3.8) is 0 Å². The Morgan fingerprint density at radius 2 is 2.22 bits per heavy atom. The average Bonchev–Trinajstić information content (AvgIpc) is 2.89. The number of hydrogen-bond donors (Lipinski definition) is 2. The minimum Gasteiger partial charge on any atom is -0.391 e. The first-order valence-electron chi connectivity index (χ1n) is 7.21. The standard InChI is InChI=1S/C16H19ClN2O4/c1-10-14(16(21)18-8-7-11(20)9-22-2)15(19-23-10)12-5-3-4-6-13(12)17/h3-6,11,20H,7-9H2,1-2H3,(H,18,21). The van der Waals surface area contributed by atoms with Gasteiger partial charge in [0, 0.05) is 19.2 Å². The highest BCUT2D eigenvalue weighted by molar-refractivity contribution is 6.33. The fourth-order valence-electron chi connectivity index (χ4n) is 2.19. The molecule has 1 aromatic carbocycles. The van der Waals surface area contributed by atoms with E-state index in [9.17, 15) is 9.90 Å². The van der Waals surface area contributed by atoms with Crippen molar-refractivity contribution >= 4 is 17.5 Å². The summed E-state index contributed by atoms with van der Waals surface area (Å²) in [6, 6.07) is 7.12. The zero-order chi connectivity index (χ0) is 16.8. The number of nitrogens with one attached hydrogen (secondary N) is 1. The van der Waals surface area contributed by atoms with Crippen LogP contribution in [0.15, 0.2) is 28.8 Å². The fourth-order valence-corrected chi connectivity index (χ4v) is 2.42. The third-order valence-electron chi connectivity index (χ3n) is 3.34. The Hall–Kier alpha value is -1.89. The largest absolute Gasteiger partial charge is 0.391 e. The number of aliphatic hydroxyl groups is 1. The number of methoxy groups -OCH3 is 1. The highest BCUT2D eigenvalue weighted by Crippen LogP contribution is 2.30. The maximum atomic E-state index is 12.4. The Morgan fingerprint density at radius 1 is 1.48 bits per heavy atom. The van der Waals surface area contributed by atoms with Gasteiger partial charge in [0.15, 0.2) is 0 Å². The predicted octanol–water partition coefficient (Wildman–Crippen LogP) is 2.43. The highest BCUT2D eigenvalue weighted by Gasteiger charge is 2.22. The molecule has 0 bridgehead atoms. The number of carbonyl (C=O) groups excluding carboxylic acids is 1. The van der Waals surface area contributed by atoms with Crippen molar-refractivity contribution in [1.29, 1.82) is 0 Å². The number of nitrogens with zero attached hydrogens (tertiary/aromatic N) is 1. The maximum Gasteiger partial charge on any atom is 0.257 e. The second-order valence-electron chi connectivity index (χ2n) is 5.10. The van der Waals surface area contributed by atoms with Crippen LogP contribution in [0.1, 0.15) is 22.5 Å². The Labute approximate surface area is 139 Å². The molecule has 0 aliphatic rings. The van der Waals surface area contributed by atoms with Crippen LogP contribution in [0, 0.1) is 6.92 Å². The number of aliphatic hydroxyl groups excluding tert-OH is 1. The van der Waals surface area contributed by atoms with Crippen LogP contribution in [0.2, 0.25) is 5.02 Å². The Bertz CT molecular complexity index is 672. The van der Waals surface area contributed by atoms with Crippen LogP contribution in [0.3, 0.4) is 0 Å². The average molecular weight is 339 g/mol. The molecule has 1 heterocycles. The molecule has 2 aromatic rings. The molecule has 124 valence electrons. The number of aromatic nitrogens is 1. The SMILES string of the molecule is COCC(O)CCNC(=O)c1c(-c2ccccc2Cl)noc1C. The molecule has 0 spiro atoms. The number of rotatable bonds is 7. The van der Waals surface area contributed by atoms with Gasteiger partial charge in [0.25, 0.3) is 5.91 Å². The zero-order valence-electron chi connectivity index (χ0n) is 13.0. The van der Waals surface area contributed by atoms with Gasteiger partial charge in [-0.1, -0.05) is 35.0 Å². The lowest BCUT2D eigenvalue weighted by atomic mass is 10.1. The van der Waals surface area contributed by atoms with E-state index in [0.29, 0.717) is 40.6 Å². The molecule has 0 fully saturated rings. The minimum atomic E-state index is -0.619. The molecular weight excluding hydrogens is 320 g/mol. The Kier molecular flexibility index (Phi) is 6.15. The summed E-state index contributed by atoms with van der Waals surface area (Å²) >= 11 is 6.17. The molecule has 0 saturated carbocycles. The van der Waals surface area contributed by atoms with Gasteiger partial charge in [-0.2, -0.15) is 0 Å². The first kappa shape index (κ1) is 17.5. The molecule has 6 nitrogen and oxygen atoms in total. The summed E-state index contributed by atoms with van der Waals surface area (Å²) in [6.45, 7) is 2.21. The summed E-state index contributed by atoms with van der Waals surface area (Å²) < 4.78 is 9.99. The number of ether oxygens (including phenoxy) is 1. The molecule has 0 aliphatic heterocycles. The van der Waals surface area contributed by atoms with E-state index >= 15 is 0 Å². The van der Waals surface area contributed by atoms with Crippen LogP contribution < -0.4 is 5.32 Å². The number of halogens is 1. The molecule has 0 radical (unpaired) electrons. The van der Waals surface area contributed by atoms with Crippen molar-refractivity contribution in [2.45, 2.75) is 19.4 Å². The molecule has 23 heavy (non-hydrogen) atoms. The topological polar surface area (TPSA) is 84.6 Å². The third kappa shape index (κ3) is 4.31. The predicted molar refractivity (Wildman–Crippen MR) is 86.5 cm³/mol. The van der Waals surface area contributed by atoms with Gasteiger partial charge in [0.05, 0.1) is 17.7 Å². The van der Waals surface area contributed by atoms with Crippen LogP contribution in [-0.2, 0) is 4.74 Å². The van der Waals surface area contributed by atoms with E-state index in [1.807, 2.05) is 6.07 Å². The monoisotopic (exact) mass is 338 g/mol. The van der Waals surface area contributed by atoms with Crippen LogP contribution >= 0.6 is 11.6 Å². The van der Waals surface area contributed by atoms with Gasteiger partial charge < -0.3 is 19.7 Å². The molecule has 2 N–H and O–H groups in total. The summed E-state index contributed by atoms with van der Waals surface area (Å²) in [6.07, 6.45) is -0.224. The van der Waals surface area contributed by atoms with Gasteiger partial charge in [0.2, 0.25) is 0 Å². The van der Waals surface area contributed by atoms with E-state index < -0.39 is 6.10 Å². The summed E-state index contributed by atoms with van der Waals surface area (Å²) in [7, 11) is 1.51. The minimum absolute atomic E-state index is 0.229. The van der Waals surface area contributed by atoms with Crippen molar-refractivity contribution in [1.82, 2.24) is 10.5 Å². The van der Waals surface area contributed by atoms with E-state index in [1.54, 1.807) is 25.1 Å². The normalized spacial score (nSPS) is 12.2. The molecular formula is C16H19ClN2O4. The van der Waals surface area contributed by atoms with Crippen molar-refractivity contribution in [2.75, 3.05) is 20.3 Å². The lowest BCUT2D eigenvalue weighted by molar-refractivity contribution is 0.0587. The van der Waals surface area contributed by atoms with Crippen molar-refractivity contribution < 1.29 is 19.2 Å². The lowest BCUT2D eigenvalue weighted by Gasteiger charge is -2.10. The first-order valence-corrected chi connectivity index (χ1v) is 7.58. The number of carbonyl (C=O) groups is 1. The summed E-state index contributed by atoms with van der Waals surface area (Å²) in [5.41, 5.74) is 1.39. The number of hydrogen-bond acceptors (Lipinski definition) is 5. The van der Waals surface area contributed by atoms with Gasteiger partial charge in [-0.05, 0) is 19.4 Å². The lowest BCUT2D eigenvalue weighted by Crippen LogP contribution is -2.29. The van der Waals surface area contributed by atoms with E-state index in [1.165, 1.54) is 7.11 Å². The van der Waals surface area contributed by atoms with Gasteiger partial charge in [-0.25, -0.2) is 0 Å². The molecule has 2 rings (SSSR count). The second-order valence-corrected chi connectivity index (χ2v) is 5.50. The Morgan fingerprint density at radius 3 is 2.91 bits per heavy atom. The van der Waals surface area contributed by atoms with E-state index in [2.05, 4.69) is 10.5 Å². The van der Waals surface area contributed by atoms with Gasteiger partial charge in [0.1, 0.15) is 17.0 Å². The molecule has 1 amide bonds. The third-order valence-corrected chi connectivity index (χ3v) is 3.67. The summed E-state index contributed by atoms with van der Waals surface area (Å²) in [5, 5.41) is 16.8. The summed E-state index contributed by atoms with van der Waals surface area (Å²) in [4.78, 5) is 12.4. The molecule has 0 aliphatic carbocycles. The quantitative estimate of drug-likeness (QED) is 0.810. The molecule has 0 saturated heterocycles. The van der Waals surface area contributed by atoms with E-state index in [4.69, 9.17) is 20.9 Å². The van der Waals surface area contributed by atoms with Gasteiger partial charge in [-0.15, -0.1) is 0 Å². The van der Waals surface area contributed by atoms with E-state index in [-0.39, 0.29) is 12.5 Å². The number of aryl methyl sites for hydroxylation is 1. The molecule has 1 atom stereocenters. The van der Waals surface area contributed by atoms with E-state index in [0.717, 1.165) is 0 Å². The molecule has 1 aromatic heterocycles. The van der Waals surface area contributed by atoms with Crippen LogP contribution in [-0.4, -0.2) is 42.5 Å². The van der Waals surface area contributed by atoms with Crippen molar-refractivity contribution in [3.8, 4) is 11.3 Å². The van der Waals surface area contributed by atoms with Crippen LogP contribution in [0.25, 0.3) is 11.3 Å². The first-order chi connectivity index (χ1) is 11.0. The smallest absolute Gasteiger partial charge is 0.257 e. The number of amides is 1. The van der Waals surface area contributed by atoms with Crippen LogP contribution in [0.5, 0.6) is 0 Å². The highest BCUT2D eigenvalue weighted by atomic mass is 35.5. The zero-order valence-corrected chi connectivity index (χ0v) is 13.8. The molecule has 1 unspecified atom stereocenters. The van der Waals surface area contributed by atoms with Crippen molar-refractivity contribution in [3.05, 3.63) is 40.6 Å². The summed E-state index contributed by atoms with van der Waals surface area (Å²) in [5.74, 6) is 0.0955. The number of benzene rings is 1. The molecule has 7 heteroatoms. The van der Waals surface area contributed by atoms with Gasteiger partial charge >= 0.3 is 0 Å². The Balaban J connectivity index is 2.12. The van der Waals surface area contributed by atoms with Crippen molar-refractivity contribution in [2.24, 2.45) is 0 Å².